The van der Waals surface area contributed by atoms with Gasteiger partial charge in [-0.15, -0.1) is 0 Å². The van der Waals surface area contributed by atoms with E-state index in [2.05, 4.69) is 70.1 Å². The second-order valence-electron chi connectivity index (χ2n) is 11.0. The molecule has 6 heteroatoms. The molecule has 0 aliphatic carbocycles. The van der Waals surface area contributed by atoms with Crippen LogP contribution in [-0.2, 0) is 0 Å². The summed E-state index contributed by atoms with van der Waals surface area (Å²) in [7, 11) is 0. The van der Waals surface area contributed by atoms with Gasteiger partial charge in [0.15, 0.2) is 23.0 Å². The molecule has 0 radical (unpaired) electrons. The molecule has 0 fully saturated rings. The van der Waals surface area contributed by atoms with E-state index in [-0.39, 0.29) is 0 Å². The first-order valence-corrected chi connectivity index (χ1v) is 14.6. The summed E-state index contributed by atoms with van der Waals surface area (Å²) in [5, 5.41) is 3.04. The molecule has 6 aromatic carbocycles. The average Bonchev–Trinajstić information content (AvgIpc) is 3.42. The van der Waals surface area contributed by atoms with Crippen molar-refractivity contribution in [1.82, 2.24) is 14.5 Å². The number of ether oxygens (including phenoxy) is 2. The van der Waals surface area contributed by atoms with Crippen LogP contribution in [0.2, 0.25) is 0 Å². The van der Waals surface area contributed by atoms with Crippen LogP contribution in [0.1, 0.15) is 0 Å². The monoisotopic (exact) mass is 566 g/mol. The topological polar surface area (TPSA) is 52.4 Å². The fourth-order valence-electron chi connectivity index (χ4n) is 6.70. The first kappa shape index (κ1) is 23.4. The standard InChI is InChI=1S/C38H22N4O2/c1-2-12-23(13-3-1)35-24-14-4-6-16-26(24)39-38(40-35)42-27-17-7-5-15-25(27)34-30(42)22-33-36-37(34)44-32-21-11-9-19-29(32)41(36)28-18-8-10-20-31(28)43-33/h1-22H. The van der Waals surface area contributed by atoms with Crippen molar-refractivity contribution in [2.45, 2.75) is 0 Å². The Morgan fingerprint density at radius 3 is 2.00 bits per heavy atom. The zero-order valence-corrected chi connectivity index (χ0v) is 23.3. The van der Waals surface area contributed by atoms with Crippen LogP contribution in [0.5, 0.6) is 23.0 Å². The van der Waals surface area contributed by atoms with Crippen molar-refractivity contribution in [3.05, 3.63) is 133 Å². The molecule has 0 spiro atoms. The Kier molecular flexibility index (Phi) is 4.63. The number of benzene rings is 6. The van der Waals surface area contributed by atoms with Gasteiger partial charge in [0.25, 0.3) is 0 Å². The van der Waals surface area contributed by atoms with Crippen molar-refractivity contribution >= 4 is 49.8 Å². The summed E-state index contributed by atoms with van der Waals surface area (Å²) in [6.07, 6.45) is 0. The summed E-state index contributed by atoms with van der Waals surface area (Å²) >= 11 is 0. The minimum absolute atomic E-state index is 0.588. The second-order valence-corrected chi connectivity index (χ2v) is 11.0. The van der Waals surface area contributed by atoms with E-state index < -0.39 is 0 Å². The number of hydrogen-bond donors (Lipinski definition) is 0. The highest BCUT2D eigenvalue weighted by Crippen LogP contribution is 2.62. The van der Waals surface area contributed by atoms with Crippen molar-refractivity contribution in [3.63, 3.8) is 0 Å². The summed E-state index contributed by atoms with van der Waals surface area (Å²) in [6, 6.07) is 45.2. The summed E-state index contributed by atoms with van der Waals surface area (Å²) in [5.41, 5.74) is 7.55. The first-order chi connectivity index (χ1) is 21.8. The van der Waals surface area contributed by atoms with Gasteiger partial charge in [0, 0.05) is 22.4 Å². The number of fused-ring (bicyclic) bond motifs is 9. The summed E-state index contributed by atoms with van der Waals surface area (Å²) in [5.74, 6) is 3.64. The summed E-state index contributed by atoms with van der Waals surface area (Å²) in [4.78, 5) is 12.6. The Morgan fingerprint density at radius 1 is 0.523 bits per heavy atom. The molecular formula is C38H22N4O2. The molecule has 10 rings (SSSR count). The van der Waals surface area contributed by atoms with E-state index in [4.69, 9.17) is 19.4 Å². The van der Waals surface area contributed by atoms with Gasteiger partial charge >= 0.3 is 0 Å². The maximum atomic E-state index is 6.80. The van der Waals surface area contributed by atoms with Crippen LogP contribution in [0, 0.1) is 0 Å². The molecule has 0 unspecified atom stereocenters. The molecule has 0 saturated carbocycles. The van der Waals surface area contributed by atoms with Crippen molar-refractivity contribution < 1.29 is 9.47 Å². The van der Waals surface area contributed by atoms with Gasteiger partial charge in [0.1, 0.15) is 5.69 Å². The van der Waals surface area contributed by atoms with E-state index in [0.29, 0.717) is 11.7 Å². The van der Waals surface area contributed by atoms with E-state index >= 15 is 0 Å². The van der Waals surface area contributed by atoms with Gasteiger partial charge in [0.2, 0.25) is 5.95 Å². The van der Waals surface area contributed by atoms with Crippen LogP contribution in [0.15, 0.2) is 133 Å². The predicted molar refractivity (Wildman–Crippen MR) is 174 cm³/mol. The largest absolute Gasteiger partial charge is 0.453 e. The van der Waals surface area contributed by atoms with E-state index in [1.54, 1.807) is 0 Å². The summed E-state index contributed by atoms with van der Waals surface area (Å²) < 4.78 is 15.6. The van der Waals surface area contributed by atoms with Gasteiger partial charge < -0.3 is 9.47 Å². The Bertz CT molecular complexity index is 2460. The van der Waals surface area contributed by atoms with Crippen LogP contribution >= 0.6 is 0 Å². The van der Waals surface area contributed by atoms with Crippen LogP contribution in [0.3, 0.4) is 0 Å². The predicted octanol–water partition coefficient (Wildman–Crippen LogP) is 10.1. The lowest BCUT2D eigenvalue weighted by Gasteiger charge is -2.38. The Balaban J connectivity index is 1.33. The van der Waals surface area contributed by atoms with Gasteiger partial charge in [-0.1, -0.05) is 91.0 Å². The van der Waals surface area contributed by atoms with Gasteiger partial charge in [-0.3, -0.25) is 9.47 Å². The molecule has 0 atom stereocenters. The number of nitrogens with zero attached hydrogens (tertiary/aromatic N) is 4. The highest BCUT2D eigenvalue weighted by atomic mass is 16.5. The fraction of sp³-hybridized carbons (Fsp3) is 0. The van der Waals surface area contributed by atoms with E-state index in [1.807, 2.05) is 72.8 Å². The number of aromatic nitrogens is 3. The molecule has 8 aromatic rings. The number of anilines is 3. The van der Waals surface area contributed by atoms with Crippen molar-refractivity contribution in [3.8, 4) is 40.2 Å². The molecule has 0 saturated heterocycles. The molecule has 206 valence electrons. The lowest BCUT2D eigenvalue weighted by Crippen LogP contribution is -2.20. The van der Waals surface area contributed by atoms with Crippen molar-refractivity contribution in [2.75, 3.05) is 4.90 Å². The molecule has 44 heavy (non-hydrogen) atoms. The molecule has 2 aromatic heterocycles. The molecule has 0 N–H and O–H groups in total. The Hall–Kier alpha value is -6.14. The van der Waals surface area contributed by atoms with Gasteiger partial charge in [-0.05, 0) is 36.4 Å². The third kappa shape index (κ3) is 3.14. The average molecular weight is 567 g/mol. The molecule has 2 aliphatic rings. The maximum absolute atomic E-state index is 6.80. The van der Waals surface area contributed by atoms with Gasteiger partial charge in [-0.2, -0.15) is 0 Å². The minimum Gasteiger partial charge on any atom is -0.453 e. The molecule has 6 nitrogen and oxygen atoms in total. The van der Waals surface area contributed by atoms with E-state index in [0.717, 1.165) is 78.3 Å². The SMILES string of the molecule is c1ccc(-c2nc(-n3c4ccccc4c4c5c6c(cc43)Oc3ccccc3N6c3ccccc3O5)nc3ccccc23)cc1. The highest BCUT2D eigenvalue weighted by molar-refractivity contribution is 6.17. The second kappa shape index (κ2) is 8.69. The molecule has 0 bridgehead atoms. The smallest absolute Gasteiger partial charge is 0.235 e. The summed E-state index contributed by atoms with van der Waals surface area (Å²) in [6.45, 7) is 0. The van der Waals surface area contributed by atoms with Crippen molar-refractivity contribution in [1.29, 1.82) is 0 Å². The Morgan fingerprint density at radius 2 is 1.18 bits per heavy atom. The molecular weight excluding hydrogens is 544 g/mol. The highest BCUT2D eigenvalue weighted by Gasteiger charge is 2.37. The Labute approximate surface area is 252 Å². The number of hydrogen-bond acceptors (Lipinski definition) is 5. The maximum Gasteiger partial charge on any atom is 0.235 e. The van der Waals surface area contributed by atoms with Crippen molar-refractivity contribution in [2.24, 2.45) is 0 Å². The zero-order chi connectivity index (χ0) is 28.8. The van der Waals surface area contributed by atoms with Crippen LogP contribution in [-0.4, -0.2) is 14.5 Å². The van der Waals surface area contributed by atoms with Gasteiger partial charge in [-0.25, -0.2) is 9.97 Å². The number of para-hydroxylation sites is 6. The lowest BCUT2D eigenvalue weighted by atomic mass is 10.0. The third-order valence-electron chi connectivity index (χ3n) is 8.56. The van der Waals surface area contributed by atoms with Crippen LogP contribution in [0.4, 0.5) is 17.1 Å². The third-order valence-corrected chi connectivity index (χ3v) is 8.56. The molecule has 2 aliphatic heterocycles. The molecule has 4 heterocycles. The first-order valence-electron chi connectivity index (χ1n) is 14.6. The number of rotatable bonds is 2. The quantitative estimate of drug-likeness (QED) is 0.208. The minimum atomic E-state index is 0.588. The van der Waals surface area contributed by atoms with E-state index in [9.17, 15) is 0 Å². The lowest BCUT2D eigenvalue weighted by molar-refractivity contribution is 0.450. The fourth-order valence-corrected chi connectivity index (χ4v) is 6.70. The van der Waals surface area contributed by atoms with Crippen LogP contribution < -0.4 is 14.4 Å². The van der Waals surface area contributed by atoms with Gasteiger partial charge in [0.05, 0.1) is 39.0 Å². The van der Waals surface area contributed by atoms with Crippen LogP contribution in [0.25, 0.3) is 49.9 Å². The van der Waals surface area contributed by atoms with E-state index in [1.165, 1.54) is 0 Å². The molecule has 0 amide bonds. The zero-order valence-electron chi connectivity index (χ0n) is 23.3. The normalized spacial score (nSPS) is 12.9.